The number of likely N-dealkylation sites (tertiary alicyclic amines) is 1. The van der Waals surface area contributed by atoms with Gasteiger partial charge in [-0.2, -0.15) is 0 Å². The van der Waals surface area contributed by atoms with Crippen LogP contribution in [-0.4, -0.2) is 29.6 Å². The van der Waals surface area contributed by atoms with Crippen LogP contribution >= 0.6 is 0 Å². The molecular formula is C23H25FN2O. The van der Waals surface area contributed by atoms with Crippen molar-refractivity contribution in [3.8, 4) is 11.8 Å². The fourth-order valence-electron chi connectivity index (χ4n) is 3.52. The third-order valence-corrected chi connectivity index (χ3v) is 5.41. The number of carbonyl (C=O) groups excluding carboxylic acids is 1. The average molecular weight is 364 g/mol. The van der Waals surface area contributed by atoms with Crippen molar-refractivity contribution < 1.29 is 9.18 Å². The zero-order valence-electron chi connectivity index (χ0n) is 16.3. The second kappa shape index (κ2) is 7.52. The molecule has 140 valence electrons. The van der Waals surface area contributed by atoms with Crippen LogP contribution in [0.2, 0.25) is 0 Å². The summed E-state index contributed by atoms with van der Waals surface area (Å²) < 4.78 is 13.3. The van der Waals surface area contributed by atoms with Crippen LogP contribution in [0.1, 0.15) is 45.6 Å². The van der Waals surface area contributed by atoms with Crippen LogP contribution in [0, 0.1) is 23.6 Å². The molecule has 1 atom stereocenters. The fourth-order valence-corrected chi connectivity index (χ4v) is 3.52. The van der Waals surface area contributed by atoms with Crippen LogP contribution < -0.4 is 0 Å². The van der Waals surface area contributed by atoms with Crippen molar-refractivity contribution in [3.05, 3.63) is 58.6 Å². The van der Waals surface area contributed by atoms with Gasteiger partial charge < -0.3 is 4.90 Å². The van der Waals surface area contributed by atoms with E-state index in [1.165, 1.54) is 12.1 Å². The Labute approximate surface area is 160 Å². The summed E-state index contributed by atoms with van der Waals surface area (Å²) in [6.45, 7) is 6.23. The Morgan fingerprint density at radius 2 is 2.07 bits per heavy atom. The molecule has 4 heteroatoms. The minimum absolute atomic E-state index is 0.128. The van der Waals surface area contributed by atoms with E-state index in [-0.39, 0.29) is 23.2 Å². The maximum Gasteiger partial charge on any atom is 0.231 e. The van der Waals surface area contributed by atoms with E-state index in [1.807, 2.05) is 18.0 Å². The minimum Gasteiger partial charge on any atom is -0.340 e. The lowest BCUT2D eigenvalue weighted by atomic mass is 9.91. The normalized spacial score (nSPS) is 22.1. The summed E-state index contributed by atoms with van der Waals surface area (Å²) in [5, 5.41) is 0. The Morgan fingerprint density at radius 3 is 2.74 bits per heavy atom. The predicted molar refractivity (Wildman–Crippen MR) is 107 cm³/mol. The topological polar surface area (TPSA) is 32.7 Å². The Bertz CT molecular complexity index is 912. The molecule has 0 aliphatic carbocycles. The molecule has 0 bridgehead atoms. The lowest BCUT2D eigenvalue weighted by Gasteiger charge is -2.26. The molecule has 1 aromatic rings. The average Bonchev–Trinajstić information content (AvgIpc) is 2.80. The predicted octanol–water partition coefficient (Wildman–Crippen LogP) is 4.50. The van der Waals surface area contributed by atoms with Crippen LogP contribution in [-0.2, 0) is 4.79 Å². The van der Waals surface area contributed by atoms with Gasteiger partial charge in [-0.15, -0.1) is 0 Å². The molecule has 1 aromatic carbocycles. The SMILES string of the molecule is CC1=C(C2CC(C)(C)N(C)C2=O)N=CC(C#Cc2cccc(F)c2)=CCC1. The minimum atomic E-state index is -0.297. The van der Waals surface area contributed by atoms with E-state index in [0.717, 1.165) is 36.1 Å². The van der Waals surface area contributed by atoms with Gasteiger partial charge in [0.2, 0.25) is 5.91 Å². The lowest BCUT2D eigenvalue weighted by Crippen LogP contribution is -2.37. The standard InChI is InChI=1S/C23H25FN2O/c1-16-7-5-9-18(12-11-17-8-6-10-19(24)13-17)15-25-21(16)20-14-23(2,3)26(4)22(20)27/h6,8-10,13,15,20H,5,7,14H2,1-4H3. The summed E-state index contributed by atoms with van der Waals surface area (Å²) in [6.07, 6.45) is 6.24. The number of carbonyl (C=O) groups is 1. The lowest BCUT2D eigenvalue weighted by molar-refractivity contribution is -0.131. The molecule has 0 aromatic heterocycles. The number of nitrogens with zero attached hydrogens (tertiary/aromatic N) is 2. The number of halogens is 1. The van der Waals surface area contributed by atoms with E-state index in [9.17, 15) is 9.18 Å². The van der Waals surface area contributed by atoms with Crippen molar-refractivity contribution >= 4 is 12.1 Å². The molecule has 2 heterocycles. The summed E-state index contributed by atoms with van der Waals surface area (Å²) in [5.74, 6) is 5.69. The molecule has 2 aliphatic heterocycles. The van der Waals surface area contributed by atoms with Crippen molar-refractivity contribution in [2.24, 2.45) is 10.9 Å². The maximum absolute atomic E-state index is 13.3. The summed E-state index contributed by atoms with van der Waals surface area (Å²) in [6, 6.07) is 6.24. The summed E-state index contributed by atoms with van der Waals surface area (Å²) in [7, 11) is 1.86. The molecule has 3 nitrogen and oxygen atoms in total. The zero-order chi connectivity index (χ0) is 19.6. The maximum atomic E-state index is 13.3. The highest BCUT2D eigenvalue weighted by Gasteiger charge is 2.44. The molecule has 0 saturated carbocycles. The molecule has 0 N–H and O–H groups in total. The molecule has 1 amide bonds. The third-order valence-electron chi connectivity index (χ3n) is 5.41. The van der Waals surface area contributed by atoms with Gasteiger partial charge in [-0.1, -0.05) is 29.6 Å². The number of hydrogen-bond acceptors (Lipinski definition) is 2. The summed E-state index contributed by atoms with van der Waals surface area (Å²) >= 11 is 0. The number of amides is 1. The summed E-state index contributed by atoms with van der Waals surface area (Å²) in [4.78, 5) is 19.2. The quantitative estimate of drug-likeness (QED) is 0.676. The second-order valence-electron chi connectivity index (χ2n) is 7.85. The molecule has 0 spiro atoms. The highest BCUT2D eigenvalue weighted by atomic mass is 19.1. The number of allylic oxidation sites excluding steroid dienone is 3. The van der Waals surface area contributed by atoms with Crippen molar-refractivity contribution in [1.29, 1.82) is 0 Å². The number of aliphatic imine (C=N–C) groups is 1. The van der Waals surface area contributed by atoms with Crippen molar-refractivity contribution in [3.63, 3.8) is 0 Å². The molecule has 0 radical (unpaired) electrons. The van der Waals surface area contributed by atoms with Crippen LogP contribution in [0.4, 0.5) is 4.39 Å². The zero-order valence-corrected chi connectivity index (χ0v) is 16.3. The molecule has 1 saturated heterocycles. The molecule has 1 unspecified atom stereocenters. The van der Waals surface area contributed by atoms with Gasteiger partial charge in [0.15, 0.2) is 0 Å². The monoisotopic (exact) mass is 364 g/mol. The van der Waals surface area contributed by atoms with E-state index in [2.05, 4.69) is 37.6 Å². The van der Waals surface area contributed by atoms with E-state index in [0.29, 0.717) is 5.56 Å². The Kier molecular flexibility index (Phi) is 5.32. The van der Waals surface area contributed by atoms with Gasteiger partial charge in [-0.3, -0.25) is 9.79 Å². The molecule has 2 aliphatic rings. The van der Waals surface area contributed by atoms with Crippen LogP contribution in [0.15, 0.2) is 52.2 Å². The first-order valence-corrected chi connectivity index (χ1v) is 9.27. The van der Waals surface area contributed by atoms with E-state index in [4.69, 9.17) is 0 Å². The Hall–Kier alpha value is -2.67. The van der Waals surface area contributed by atoms with Crippen molar-refractivity contribution in [2.45, 2.75) is 45.6 Å². The second-order valence-corrected chi connectivity index (χ2v) is 7.85. The van der Waals surface area contributed by atoms with Gasteiger partial charge in [0.05, 0.1) is 11.6 Å². The Balaban J connectivity index is 1.85. The van der Waals surface area contributed by atoms with E-state index >= 15 is 0 Å². The highest BCUT2D eigenvalue weighted by Crippen LogP contribution is 2.38. The van der Waals surface area contributed by atoms with Gasteiger partial charge in [-0.05, 0) is 58.2 Å². The smallest absolute Gasteiger partial charge is 0.231 e. The van der Waals surface area contributed by atoms with Gasteiger partial charge in [0, 0.05) is 29.9 Å². The van der Waals surface area contributed by atoms with Crippen molar-refractivity contribution in [1.82, 2.24) is 4.90 Å². The van der Waals surface area contributed by atoms with Crippen LogP contribution in [0.5, 0.6) is 0 Å². The van der Waals surface area contributed by atoms with E-state index in [1.54, 1.807) is 18.3 Å². The molecule has 1 fully saturated rings. The van der Waals surface area contributed by atoms with Crippen molar-refractivity contribution in [2.75, 3.05) is 7.05 Å². The highest BCUT2D eigenvalue weighted by molar-refractivity contribution is 5.88. The Morgan fingerprint density at radius 1 is 1.30 bits per heavy atom. The summed E-state index contributed by atoms with van der Waals surface area (Å²) in [5.41, 5.74) is 3.29. The van der Waals surface area contributed by atoms with Gasteiger partial charge in [-0.25, -0.2) is 4.39 Å². The number of benzene rings is 1. The third kappa shape index (κ3) is 4.19. The van der Waals surface area contributed by atoms with Gasteiger partial charge >= 0.3 is 0 Å². The van der Waals surface area contributed by atoms with Crippen LogP contribution in [0.25, 0.3) is 0 Å². The molecule has 3 rings (SSSR count). The van der Waals surface area contributed by atoms with E-state index < -0.39 is 0 Å². The van der Waals surface area contributed by atoms with Gasteiger partial charge in [0.1, 0.15) is 5.82 Å². The first kappa shape index (κ1) is 19.1. The van der Waals surface area contributed by atoms with Crippen LogP contribution in [0.3, 0.4) is 0 Å². The fraction of sp³-hybridized carbons (Fsp3) is 0.391. The first-order chi connectivity index (χ1) is 12.8. The number of rotatable bonds is 1. The first-order valence-electron chi connectivity index (χ1n) is 9.27. The van der Waals surface area contributed by atoms with Gasteiger partial charge in [0.25, 0.3) is 0 Å². The molecular weight excluding hydrogens is 339 g/mol. The number of hydrogen-bond donors (Lipinski definition) is 0. The molecule has 27 heavy (non-hydrogen) atoms. The largest absolute Gasteiger partial charge is 0.340 e.